The maximum atomic E-state index is 10.2. The molecule has 1 aromatic rings. The highest BCUT2D eigenvalue weighted by molar-refractivity contribution is 5.45. The van der Waals surface area contributed by atoms with E-state index in [2.05, 4.69) is 12.2 Å². The number of hydrogen-bond donors (Lipinski definition) is 2. The van der Waals surface area contributed by atoms with Crippen molar-refractivity contribution in [3.63, 3.8) is 0 Å². The van der Waals surface area contributed by atoms with Gasteiger partial charge in [0.2, 0.25) is 0 Å². The van der Waals surface area contributed by atoms with E-state index in [9.17, 15) is 5.11 Å². The molecule has 1 fully saturated rings. The van der Waals surface area contributed by atoms with Crippen LogP contribution in [0.15, 0.2) is 18.2 Å². The van der Waals surface area contributed by atoms with Crippen LogP contribution in [0.3, 0.4) is 0 Å². The van der Waals surface area contributed by atoms with Gasteiger partial charge in [-0.3, -0.25) is 0 Å². The molecule has 0 spiro atoms. The van der Waals surface area contributed by atoms with E-state index in [0.717, 1.165) is 12.1 Å². The van der Waals surface area contributed by atoms with Crippen LogP contribution in [0.2, 0.25) is 0 Å². The van der Waals surface area contributed by atoms with Gasteiger partial charge in [0, 0.05) is 18.7 Å². The lowest BCUT2D eigenvalue weighted by Gasteiger charge is -2.33. The van der Waals surface area contributed by atoms with Gasteiger partial charge in [-0.1, -0.05) is 38.3 Å². The minimum absolute atomic E-state index is 0.274. The number of rotatable bonds is 6. The summed E-state index contributed by atoms with van der Waals surface area (Å²) in [7, 11) is 0. The Hall–Kier alpha value is -1.22. The van der Waals surface area contributed by atoms with E-state index in [1.165, 1.54) is 32.1 Å². The monoisotopic (exact) mass is 277 g/mol. The number of ether oxygens (including phenoxy) is 1. The van der Waals surface area contributed by atoms with E-state index in [1.54, 1.807) is 0 Å². The molecular formula is C17H27NO2. The summed E-state index contributed by atoms with van der Waals surface area (Å²) in [6, 6.07) is 5.70. The van der Waals surface area contributed by atoms with Gasteiger partial charge < -0.3 is 15.2 Å². The van der Waals surface area contributed by atoms with Gasteiger partial charge >= 0.3 is 0 Å². The zero-order valence-corrected chi connectivity index (χ0v) is 12.7. The van der Waals surface area contributed by atoms with Crippen molar-refractivity contribution >= 4 is 0 Å². The largest absolute Gasteiger partial charge is 0.504 e. The molecule has 1 aliphatic rings. The smallest absolute Gasteiger partial charge is 0.162 e. The highest BCUT2D eigenvalue weighted by Crippen LogP contribution is 2.35. The quantitative estimate of drug-likeness (QED) is 0.830. The molecule has 1 aromatic carbocycles. The molecule has 0 aromatic heterocycles. The molecule has 0 saturated heterocycles. The van der Waals surface area contributed by atoms with Gasteiger partial charge in [-0.05, 0) is 31.2 Å². The van der Waals surface area contributed by atoms with Crippen molar-refractivity contribution in [2.45, 2.75) is 52.5 Å². The van der Waals surface area contributed by atoms with E-state index >= 15 is 0 Å². The second-order valence-corrected chi connectivity index (χ2v) is 6.17. The van der Waals surface area contributed by atoms with E-state index in [-0.39, 0.29) is 5.75 Å². The van der Waals surface area contributed by atoms with Gasteiger partial charge in [0.05, 0.1) is 6.61 Å². The summed E-state index contributed by atoms with van der Waals surface area (Å²) in [5.41, 5.74) is 1.33. The fraction of sp³-hybridized carbons (Fsp3) is 0.647. The molecule has 0 amide bonds. The lowest BCUT2D eigenvalue weighted by atomic mass is 9.76. The highest BCUT2D eigenvalue weighted by Gasteiger charge is 2.26. The molecule has 0 atom stereocenters. The van der Waals surface area contributed by atoms with Crippen LogP contribution < -0.4 is 10.1 Å². The van der Waals surface area contributed by atoms with Crippen LogP contribution in [-0.4, -0.2) is 18.3 Å². The average molecular weight is 277 g/mol. The molecule has 1 aliphatic carbocycles. The van der Waals surface area contributed by atoms with Gasteiger partial charge in [-0.25, -0.2) is 0 Å². The van der Waals surface area contributed by atoms with Crippen LogP contribution in [0.5, 0.6) is 11.5 Å². The summed E-state index contributed by atoms with van der Waals surface area (Å²) in [5.74, 6) is 0.853. The van der Waals surface area contributed by atoms with Gasteiger partial charge in [0.1, 0.15) is 0 Å². The van der Waals surface area contributed by atoms with Gasteiger partial charge in [-0.2, -0.15) is 0 Å². The zero-order valence-electron chi connectivity index (χ0n) is 12.7. The van der Waals surface area contributed by atoms with Gasteiger partial charge in [0.15, 0.2) is 11.5 Å². The van der Waals surface area contributed by atoms with Crippen molar-refractivity contribution in [3.8, 4) is 11.5 Å². The summed E-state index contributed by atoms with van der Waals surface area (Å²) in [4.78, 5) is 0. The Balaban J connectivity index is 1.89. The van der Waals surface area contributed by atoms with Gasteiger partial charge in [-0.15, -0.1) is 0 Å². The zero-order chi connectivity index (χ0) is 14.4. The Morgan fingerprint density at radius 3 is 2.70 bits per heavy atom. The molecule has 0 heterocycles. The van der Waals surface area contributed by atoms with Crippen LogP contribution in [0.1, 0.15) is 51.5 Å². The molecule has 0 aliphatic heterocycles. The Morgan fingerprint density at radius 2 is 2.00 bits per heavy atom. The number of hydrogen-bond acceptors (Lipinski definition) is 3. The van der Waals surface area contributed by atoms with E-state index in [0.29, 0.717) is 24.3 Å². The molecule has 0 unspecified atom stereocenters. The lowest BCUT2D eigenvalue weighted by Crippen LogP contribution is -2.33. The first-order valence-electron chi connectivity index (χ1n) is 7.79. The van der Waals surface area contributed by atoms with Crippen LogP contribution in [0.25, 0.3) is 0 Å². The van der Waals surface area contributed by atoms with E-state index in [1.807, 2.05) is 25.1 Å². The SMILES string of the molecule is CCOc1cccc(CNCC2(C)CCCCC2)c1O. The normalized spacial score (nSPS) is 17.9. The third-order valence-corrected chi connectivity index (χ3v) is 4.31. The van der Waals surface area contributed by atoms with E-state index in [4.69, 9.17) is 4.74 Å². The number of nitrogens with one attached hydrogen (secondary N) is 1. The Labute approximate surface area is 122 Å². The number of phenols is 1. The van der Waals surface area contributed by atoms with Crippen molar-refractivity contribution < 1.29 is 9.84 Å². The molecule has 3 nitrogen and oxygen atoms in total. The predicted octanol–water partition coefficient (Wildman–Crippen LogP) is 3.85. The van der Waals surface area contributed by atoms with Crippen molar-refractivity contribution in [1.82, 2.24) is 5.32 Å². The Kier molecular flexibility index (Phi) is 5.30. The summed E-state index contributed by atoms with van der Waals surface area (Å²) >= 11 is 0. The van der Waals surface area contributed by atoms with Crippen molar-refractivity contribution in [2.24, 2.45) is 5.41 Å². The Bertz CT molecular complexity index is 425. The molecule has 112 valence electrons. The van der Waals surface area contributed by atoms with Crippen molar-refractivity contribution in [3.05, 3.63) is 23.8 Å². The van der Waals surface area contributed by atoms with Crippen LogP contribution in [-0.2, 0) is 6.54 Å². The minimum atomic E-state index is 0.274. The lowest BCUT2D eigenvalue weighted by molar-refractivity contribution is 0.207. The number of para-hydroxylation sites is 1. The molecule has 2 rings (SSSR count). The summed E-state index contributed by atoms with van der Waals surface area (Å²) in [6.45, 7) is 6.58. The molecule has 0 radical (unpaired) electrons. The van der Waals surface area contributed by atoms with Crippen molar-refractivity contribution in [2.75, 3.05) is 13.2 Å². The fourth-order valence-corrected chi connectivity index (χ4v) is 3.06. The summed E-state index contributed by atoms with van der Waals surface area (Å²) in [5, 5.41) is 13.7. The second-order valence-electron chi connectivity index (χ2n) is 6.17. The summed E-state index contributed by atoms with van der Waals surface area (Å²) < 4.78 is 5.42. The third kappa shape index (κ3) is 3.89. The minimum Gasteiger partial charge on any atom is -0.504 e. The van der Waals surface area contributed by atoms with Crippen LogP contribution in [0, 0.1) is 5.41 Å². The Morgan fingerprint density at radius 1 is 1.25 bits per heavy atom. The van der Waals surface area contributed by atoms with Crippen molar-refractivity contribution in [1.29, 1.82) is 0 Å². The molecule has 1 saturated carbocycles. The van der Waals surface area contributed by atoms with Gasteiger partial charge in [0.25, 0.3) is 0 Å². The summed E-state index contributed by atoms with van der Waals surface area (Å²) in [6.07, 6.45) is 6.70. The first-order chi connectivity index (χ1) is 9.64. The highest BCUT2D eigenvalue weighted by atomic mass is 16.5. The second kappa shape index (κ2) is 6.98. The number of benzene rings is 1. The first kappa shape index (κ1) is 15.2. The predicted molar refractivity (Wildman–Crippen MR) is 82.2 cm³/mol. The average Bonchev–Trinajstić information content (AvgIpc) is 2.44. The molecule has 3 heteroatoms. The fourth-order valence-electron chi connectivity index (χ4n) is 3.06. The first-order valence-corrected chi connectivity index (χ1v) is 7.79. The maximum absolute atomic E-state index is 10.2. The third-order valence-electron chi connectivity index (χ3n) is 4.31. The standard InChI is InChI=1S/C17H27NO2/c1-3-20-15-9-7-8-14(16(15)19)12-18-13-17(2)10-5-4-6-11-17/h7-9,18-19H,3-6,10-13H2,1-2H3. The van der Waals surface area contributed by atoms with Crippen LogP contribution >= 0.6 is 0 Å². The molecule has 2 N–H and O–H groups in total. The number of phenolic OH excluding ortho intramolecular Hbond substituents is 1. The molecular weight excluding hydrogens is 250 g/mol. The topological polar surface area (TPSA) is 41.5 Å². The van der Waals surface area contributed by atoms with Crippen LogP contribution in [0.4, 0.5) is 0 Å². The van der Waals surface area contributed by atoms with E-state index < -0.39 is 0 Å². The molecule has 0 bridgehead atoms. The maximum Gasteiger partial charge on any atom is 0.162 e. The molecule has 20 heavy (non-hydrogen) atoms. The number of aromatic hydroxyl groups is 1.